The minimum Gasteiger partial charge on any atom is -0.383 e. The van der Waals surface area contributed by atoms with Crippen molar-refractivity contribution in [1.82, 2.24) is 29.3 Å². The summed E-state index contributed by atoms with van der Waals surface area (Å²) in [5, 5.41) is 7.67. The molecular weight excluding hydrogens is 397 g/mol. The maximum absolute atomic E-state index is 15.0. The fraction of sp³-hybridized carbons (Fsp3) is 0.364. The van der Waals surface area contributed by atoms with Crippen LogP contribution in [0.1, 0.15) is 25.7 Å². The second-order valence-corrected chi connectivity index (χ2v) is 7.79. The minimum absolute atomic E-state index is 0.330. The summed E-state index contributed by atoms with van der Waals surface area (Å²) in [4.78, 5) is 13.4. The number of aromatic nitrogens is 6. The second-order valence-electron chi connectivity index (χ2n) is 7.79. The molecule has 1 aliphatic carbocycles. The molecule has 0 radical (unpaired) electrons. The molecule has 1 aliphatic rings. The molecule has 0 atom stereocenters. The lowest BCUT2D eigenvalue weighted by molar-refractivity contribution is 0.183. The van der Waals surface area contributed by atoms with Crippen LogP contribution < -0.4 is 5.32 Å². The highest BCUT2D eigenvalue weighted by atomic mass is 19.1. The van der Waals surface area contributed by atoms with Gasteiger partial charge in [-0.2, -0.15) is 10.1 Å². The summed E-state index contributed by atoms with van der Waals surface area (Å²) in [6, 6.07) is 5.52. The number of methoxy groups -OCH3 is 1. The molecule has 160 valence electrons. The lowest BCUT2D eigenvalue weighted by Gasteiger charge is -2.12. The van der Waals surface area contributed by atoms with Gasteiger partial charge >= 0.3 is 0 Å². The van der Waals surface area contributed by atoms with Gasteiger partial charge in [-0.05, 0) is 31.0 Å². The van der Waals surface area contributed by atoms with Crippen LogP contribution >= 0.6 is 0 Å². The molecule has 0 amide bonds. The van der Waals surface area contributed by atoms with Crippen LogP contribution in [0.5, 0.6) is 0 Å². The number of halogens is 1. The molecule has 1 saturated carbocycles. The van der Waals surface area contributed by atoms with Crippen LogP contribution in [0.25, 0.3) is 28.0 Å². The maximum Gasteiger partial charge on any atom is 0.224 e. The van der Waals surface area contributed by atoms with Gasteiger partial charge in [-0.3, -0.25) is 9.25 Å². The van der Waals surface area contributed by atoms with Gasteiger partial charge in [0.05, 0.1) is 31.2 Å². The van der Waals surface area contributed by atoms with E-state index in [0.29, 0.717) is 47.6 Å². The summed E-state index contributed by atoms with van der Waals surface area (Å²) < 4.78 is 23.6. The molecule has 9 heteroatoms. The predicted molar refractivity (Wildman–Crippen MR) is 116 cm³/mol. The van der Waals surface area contributed by atoms with E-state index in [0.717, 1.165) is 18.4 Å². The van der Waals surface area contributed by atoms with E-state index in [1.54, 1.807) is 41.1 Å². The summed E-state index contributed by atoms with van der Waals surface area (Å²) in [6.07, 6.45) is 11.6. The van der Waals surface area contributed by atoms with Crippen molar-refractivity contribution in [2.24, 2.45) is 0 Å². The molecule has 0 unspecified atom stereocenters. The fourth-order valence-electron chi connectivity index (χ4n) is 4.02. The van der Waals surface area contributed by atoms with E-state index in [1.165, 1.54) is 18.9 Å². The number of ether oxygens (including phenoxy) is 1. The third kappa shape index (κ3) is 4.00. The molecule has 3 heterocycles. The number of nitrogens with zero attached hydrogens (tertiary/aromatic N) is 6. The number of hydrogen-bond acceptors (Lipinski definition) is 6. The second kappa shape index (κ2) is 8.43. The Kier molecular flexibility index (Phi) is 5.33. The molecule has 8 nitrogen and oxygen atoms in total. The van der Waals surface area contributed by atoms with Gasteiger partial charge in [0.25, 0.3) is 0 Å². The number of imidazole rings is 1. The van der Waals surface area contributed by atoms with E-state index >= 15 is 0 Å². The van der Waals surface area contributed by atoms with Gasteiger partial charge in [-0.25, -0.2) is 14.4 Å². The first kappa shape index (κ1) is 19.6. The van der Waals surface area contributed by atoms with Crippen LogP contribution in [0.2, 0.25) is 0 Å². The maximum atomic E-state index is 15.0. The van der Waals surface area contributed by atoms with Gasteiger partial charge in [0.1, 0.15) is 17.7 Å². The van der Waals surface area contributed by atoms with E-state index in [-0.39, 0.29) is 5.82 Å². The van der Waals surface area contributed by atoms with Crippen molar-refractivity contribution in [2.45, 2.75) is 38.3 Å². The van der Waals surface area contributed by atoms with Crippen molar-refractivity contribution in [2.75, 3.05) is 19.0 Å². The number of rotatable bonds is 7. The summed E-state index contributed by atoms with van der Waals surface area (Å²) in [5.41, 5.74) is 3.19. The average Bonchev–Trinajstić information content (AvgIpc) is 3.53. The quantitative estimate of drug-likeness (QED) is 0.489. The van der Waals surface area contributed by atoms with Crippen LogP contribution in [0.4, 0.5) is 10.3 Å². The highest BCUT2D eigenvalue weighted by Gasteiger charge is 2.17. The zero-order chi connectivity index (χ0) is 21.2. The highest BCUT2D eigenvalue weighted by Crippen LogP contribution is 2.26. The molecule has 1 N–H and O–H groups in total. The fourth-order valence-corrected chi connectivity index (χ4v) is 4.02. The number of nitrogens with one attached hydrogen (secondary N) is 1. The Bertz CT molecular complexity index is 1200. The van der Waals surface area contributed by atoms with E-state index < -0.39 is 0 Å². The lowest BCUT2D eigenvalue weighted by atomic mass is 10.1. The summed E-state index contributed by atoms with van der Waals surface area (Å²) >= 11 is 0. The van der Waals surface area contributed by atoms with Crippen molar-refractivity contribution < 1.29 is 9.13 Å². The first-order valence-corrected chi connectivity index (χ1v) is 10.5. The zero-order valence-electron chi connectivity index (χ0n) is 17.3. The Morgan fingerprint density at radius 1 is 1.19 bits per heavy atom. The van der Waals surface area contributed by atoms with Gasteiger partial charge < -0.3 is 10.1 Å². The Balaban J connectivity index is 1.43. The Morgan fingerprint density at radius 3 is 2.87 bits per heavy atom. The van der Waals surface area contributed by atoms with Gasteiger partial charge in [-0.1, -0.05) is 12.8 Å². The third-order valence-electron chi connectivity index (χ3n) is 5.68. The van der Waals surface area contributed by atoms with Crippen molar-refractivity contribution in [3.63, 3.8) is 0 Å². The smallest absolute Gasteiger partial charge is 0.224 e. The Labute approximate surface area is 179 Å². The molecular formula is C22H24FN7O. The predicted octanol–water partition coefficient (Wildman–Crippen LogP) is 3.82. The molecule has 0 bridgehead atoms. The summed E-state index contributed by atoms with van der Waals surface area (Å²) in [5.74, 6) is 0.255. The molecule has 4 aromatic rings. The van der Waals surface area contributed by atoms with Crippen LogP contribution in [0, 0.1) is 5.82 Å². The summed E-state index contributed by atoms with van der Waals surface area (Å²) in [6.45, 7) is 1.17. The molecule has 0 aliphatic heterocycles. The van der Waals surface area contributed by atoms with E-state index in [2.05, 4.69) is 25.4 Å². The van der Waals surface area contributed by atoms with Gasteiger partial charge in [0, 0.05) is 30.5 Å². The lowest BCUT2D eigenvalue weighted by Crippen LogP contribution is -2.16. The molecule has 0 spiro atoms. The SMILES string of the molecule is COCCn1cc(-c2ccc(-n3cnc4cnc(NC5CCCC5)nc43)cc2F)cn1. The van der Waals surface area contributed by atoms with E-state index in [1.807, 2.05) is 12.3 Å². The highest BCUT2D eigenvalue weighted by molar-refractivity contribution is 5.74. The third-order valence-corrected chi connectivity index (χ3v) is 5.68. The normalized spacial score (nSPS) is 14.5. The molecule has 1 fully saturated rings. The Hall–Kier alpha value is -3.33. The van der Waals surface area contributed by atoms with Crippen molar-refractivity contribution in [3.05, 3.63) is 48.9 Å². The number of anilines is 1. The first-order valence-electron chi connectivity index (χ1n) is 10.5. The van der Waals surface area contributed by atoms with Crippen LogP contribution in [-0.4, -0.2) is 49.1 Å². The summed E-state index contributed by atoms with van der Waals surface area (Å²) in [7, 11) is 1.64. The monoisotopic (exact) mass is 421 g/mol. The molecule has 3 aromatic heterocycles. The number of benzene rings is 1. The van der Waals surface area contributed by atoms with Crippen LogP contribution in [-0.2, 0) is 11.3 Å². The number of hydrogen-bond donors (Lipinski definition) is 1. The standard InChI is InChI=1S/C22H24FN7O/c1-31-9-8-29-13-15(11-26-29)18-7-6-17(10-19(18)23)30-14-25-20-12-24-22(28-21(20)30)27-16-4-2-3-5-16/h6-7,10-14,16H,2-5,8-9H2,1H3,(H,24,27,28). The van der Waals surface area contributed by atoms with Gasteiger partial charge in [0.15, 0.2) is 5.65 Å². The molecule has 31 heavy (non-hydrogen) atoms. The first-order chi connectivity index (χ1) is 15.2. The molecule has 0 saturated heterocycles. The zero-order valence-corrected chi connectivity index (χ0v) is 17.3. The molecule has 5 rings (SSSR count). The van der Waals surface area contributed by atoms with Crippen LogP contribution in [0.15, 0.2) is 43.1 Å². The average molecular weight is 421 g/mol. The number of fused-ring (bicyclic) bond motifs is 1. The molecule has 1 aromatic carbocycles. The van der Waals surface area contributed by atoms with Crippen molar-refractivity contribution in [1.29, 1.82) is 0 Å². The van der Waals surface area contributed by atoms with Crippen molar-refractivity contribution in [3.8, 4) is 16.8 Å². The van der Waals surface area contributed by atoms with E-state index in [4.69, 9.17) is 4.74 Å². The Morgan fingerprint density at radius 2 is 2.06 bits per heavy atom. The van der Waals surface area contributed by atoms with Gasteiger partial charge in [-0.15, -0.1) is 0 Å². The largest absolute Gasteiger partial charge is 0.383 e. The van der Waals surface area contributed by atoms with Crippen LogP contribution in [0.3, 0.4) is 0 Å². The minimum atomic E-state index is -0.330. The topological polar surface area (TPSA) is 82.7 Å². The van der Waals surface area contributed by atoms with Gasteiger partial charge in [0.2, 0.25) is 5.95 Å². The van der Waals surface area contributed by atoms with Crippen molar-refractivity contribution >= 4 is 17.1 Å². The van der Waals surface area contributed by atoms with E-state index in [9.17, 15) is 4.39 Å².